The summed E-state index contributed by atoms with van der Waals surface area (Å²) in [5.41, 5.74) is 3.37. The third-order valence-electron chi connectivity index (χ3n) is 2.95. The fraction of sp³-hybridized carbons (Fsp3) is 0.0625. The number of benzene rings is 2. The van der Waals surface area contributed by atoms with E-state index in [0.717, 1.165) is 15.6 Å². The van der Waals surface area contributed by atoms with Gasteiger partial charge in [0.05, 0.1) is 11.5 Å². The summed E-state index contributed by atoms with van der Waals surface area (Å²) >= 11 is 1.23. The molecule has 3 rings (SSSR count). The van der Waals surface area contributed by atoms with Crippen molar-refractivity contribution in [2.45, 2.75) is 6.61 Å². The van der Waals surface area contributed by atoms with Gasteiger partial charge in [0.1, 0.15) is 5.82 Å². The highest BCUT2D eigenvalue weighted by atomic mass is 32.1. The van der Waals surface area contributed by atoms with E-state index in [1.807, 2.05) is 30.3 Å². The molecule has 5 heteroatoms. The van der Waals surface area contributed by atoms with Crippen LogP contribution in [0.5, 0.6) is 0 Å². The molecule has 0 aliphatic carbocycles. The lowest BCUT2D eigenvalue weighted by Gasteiger charge is -2.04. The highest BCUT2D eigenvalue weighted by Crippen LogP contribution is 2.26. The lowest BCUT2D eigenvalue weighted by molar-refractivity contribution is 0.0237. The van der Waals surface area contributed by atoms with Crippen LogP contribution in [0, 0.1) is 5.82 Å². The van der Waals surface area contributed by atoms with Gasteiger partial charge in [-0.2, -0.15) is 0 Å². The van der Waals surface area contributed by atoms with Crippen LogP contribution in [0.15, 0.2) is 54.6 Å². The van der Waals surface area contributed by atoms with E-state index in [9.17, 15) is 9.18 Å². The first-order chi connectivity index (χ1) is 10.2. The van der Waals surface area contributed by atoms with Gasteiger partial charge < -0.3 is 0 Å². The maximum absolute atomic E-state index is 13.1. The Bertz CT molecular complexity index is 770. The van der Waals surface area contributed by atoms with Gasteiger partial charge in [-0.1, -0.05) is 36.4 Å². The smallest absolute Gasteiger partial charge is 0.269 e. The Kier molecular flexibility index (Phi) is 3.94. The number of amides is 1. The van der Waals surface area contributed by atoms with E-state index >= 15 is 0 Å². The lowest BCUT2D eigenvalue weighted by Crippen LogP contribution is -2.22. The number of hydroxylamine groups is 1. The summed E-state index contributed by atoms with van der Waals surface area (Å²) < 4.78 is 13.9. The molecule has 0 fully saturated rings. The molecule has 0 saturated carbocycles. The number of carbonyl (C=O) groups is 1. The van der Waals surface area contributed by atoms with Crippen LogP contribution in [-0.4, -0.2) is 5.91 Å². The molecule has 1 amide bonds. The van der Waals surface area contributed by atoms with E-state index in [4.69, 9.17) is 4.84 Å². The molecular weight excluding hydrogens is 289 g/mol. The number of hydrogen-bond donors (Lipinski definition) is 1. The van der Waals surface area contributed by atoms with Crippen molar-refractivity contribution < 1.29 is 14.0 Å². The predicted octanol–water partition coefficient (Wildman–Crippen LogP) is 3.90. The van der Waals surface area contributed by atoms with Crippen molar-refractivity contribution in [3.8, 4) is 0 Å². The minimum atomic E-state index is -0.326. The monoisotopic (exact) mass is 301 g/mol. The summed E-state index contributed by atoms with van der Waals surface area (Å²) in [6.07, 6.45) is 0. The first-order valence-electron chi connectivity index (χ1n) is 6.37. The van der Waals surface area contributed by atoms with Gasteiger partial charge in [-0.25, -0.2) is 9.87 Å². The number of hydrogen-bond acceptors (Lipinski definition) is 3. The molecule has 1 heterocycles. The van der Waals surface area contributed by atoms with Crippen molar-refractivity contribution in [2.75, 3.05) is 0 Å². The molecule has 0 saturated heterocycles. The van der Waals surface area contributed by atoms with Gasteiger partial charge in [0, 0.05) is 4.70 Å². The Morgan fingerprint density at radius 1 is 1.14 bits per heavy atom. The third kappa shape index (κ3) is 3.26. The van der Waals surface area contributed by atoms with E-state index in [2.05, 4.69) is 5.48 Å². The van der Waals surface area contributed by atoms with E-state index in [1.54, 1.807) is 12.1 Å². The van der Waals surface area contributed by atoms with Gasteiger partial charge in [0.2, 0.25) is 0 Å². The Hall–Kier alpha value is -2.24. The van der Waals surface area contributed by atoms with Crippen LogP contribution in [-0.2, 0) is 11.4 Å². The van der Waals surface area contributed by atoms with Gasteiger partial charge in [-0.3, -0.25) is 9.63 Å². The third-order valence-corrected chi connectivity index (χ3v) is 4.05. The summed E-state index contributed by atoms with van der Waals surface area (Å²) in [5, 5.41) is 0.842. The number of thiophene rings is 1. The van der Waals surface area contributed by atoms with Gasteiger partial charge in [0.15, 0.2) is 0 Å². The van der Waals surface area contributed by atoms with Crippen molar-refractivity contribution in [1.82, 2.24) is 5.48 Å². The quantitative estimate of drug-likeness (QED) is 0.742. The largest absolute Gasteiger partial charge is 0.284 e. The topological polar surface area (TPSA) is 38.3 Å². The van der Waals surface area contributed by atoms with E-state index in [1.165, 1.54) is 23.5 Å². The molecule has 0 radical (unpaired) electrons. The summed E-state index contributed by atoms with van der Waals surface area (Å²) in [6, 6.07) is 15.7. The maximum atomic E-state index is 13.1. The molecule has 3 nitrogen and oxygen atoms in total. The number of halogens is 1. The maximum Gasteiger partial charge on any atom is 0.284 e. The second-order valence-corrected chi connectivity index (χ2v) is 5.58. The fourth-order valence-electron chi connectivity index (χ4n) is 1.93. The number of carbonyl (C=O) groups excluding carboxylic acids is 1. The Morgan fingerprint density at radius 3 is 2.76 bits per heavy atom. The zero-order valence-electron chi connectivity index (χ0n) is 11.0. The van der Waals surface area contributed by atoms with Gasteiger partial charge in [0.25, 0.3) is 5.91 Å². The first kappa shape index (κ1) is 13.7. The predicted molar refractivity (Wildman–Crippen MR) is 80.5 cm³/mol. The Morgan fingerprint density at radius 2 is 1.95 bits per heavy atom. The first-order valence-corrected chi connectivity index (χ1v) is 7.19. The molecule has 0 bridgehead atoms. The fourth-order valence-corrected chi connectivity index (χ4v) is 2.90. The average Bonchev–Trinajstić information content (AvgIpc) is 2.91. The van der Waals surface area contributed by atoms with Crippen molar-refractivity contribution >= 4 is 27.3 Å². The molecule has 1 N–H and O–H groups in total. The van der Waals surface area contributed by atoms with Gasteiger partial charge in [-0.15, -0.1) is 11.3 Å². The molecule has 3 aromatic rings. The van der Waals surface area contributed by atoms with E-state index in [-0.39, 0.29) is 11.7 Å². The highest BCUT2D eigenvalue weighted by Gasteiger charge is 2.10. The summed E-state index contributed by atoms with van der Waals surface area (Å²) in [6.45, 7) is 0.298. The number of rotatable bonds is 4. The minimum Gasteiger partial charge on any atom is -0.269 e. The molecule has 0 spiro atoms. The van der Waals surface area contributed by atoms with Crippen LogP contribution in [0.4, 0.5) is 4.39 Å². The molecule has 0 atom stereocenters. The second kappa shape index (κ2) is 6.03. The summed E-state index contributed by atoms with van der Waals surface area (Å²) in [4.78, 5) is 17.6. The van der Waals surface area contributed by atoms with Gasteiger partial charge in [-0.05, 0) is 29.1 Å². The molecule has 2 aromatic carbocycles. The molecular formula is C16H12FNO2S. The summed E-state index contributed by atoms with van der Waals surface area (Å²) in [7, 11) is 0. The average molecular weight is 301 g/mol. The van der Waals surface area contributed by atoms with Crippen molar-refractivity contribution in [3.63, 3.8) is 0 Å². The minimum absolute atomic E-state index is 0.298. The normalized spacial score (nSPS) is 10.7. The van der Waals surface area contributed by atoms with Crippen molar-refractivity contribution in [3.05, 3.63) is 70.9 Å². The summed E-state index contributed by atoms with van der Waals surface area (Å²) in [5.74, 6) is -0.635. The number of nitrogens with one attached hydrogen (secondary N) is 1. The van der Waals surface area contributed by atoms with Gasteiger partial charge >= 0.3 is 0 Å². The second-order valence-electron chi connectivity index (χ2n) is 4.50. The van der Waals surface area contributed by atoms with Crippen LogP contribution in [0.2, 0.25) is 0 Å². The lowest BCUT2D eigenvalue weighted by atomic mass is 10.2. The Balaban J connectivity index is 1.64. The van der Waals surface area contributed by atoms with Crippen LogP contribution < -0.4 is 5.48 Å². The van der Waals surface area contributed by atoms with Crippen LogP contribution >= 0.6 is 11.3 Å². The molecule has 1 aromatic heterocycles. The van der Waals surface area contributed by atoms with Crippen molar-refractivity contribution in [2.24, 2.45) is 0 Å². The van der Waals surface area contributed by atoms with E-state index in [0.29, 0.717) is 11.5 Å². The molecule has 0 unspecified atom stereocenters. The molecule has 0 aliphatic rings. The van der Waals surface area contributed by atoms with E-state index < -0.39 is 0 Å². The standard InChI is InChI=1S/C16H12FNO2S/c17-13-7-6-12-8-15(21-14(12)9-13)16(19)18-20-10-11-4-2-1-3-5-11/h1-9H,10H2,(H,18,19). The molecule has 106 valence electrons. The van der Waals surface area contributed by atoms with Crippen LogP contribution in [0.25, 0.3) is 10.1 Å². The van der Waals surface area contributed by atoms with Crippen LogP contribution in [0.3, 0.4) is 0 Å². The zero-order chi connectivity index (χ0) is 14.7. The zero-order valence-corrected chi connectivity index (χ0v) is 11.8. The van der Waals surface area contributed by atoms with Crippen LogP contribution in [0.1, 0.15) is 15.2 Å². The number of fused-ring (bicyclic) bond motifs is 1. The highest BCUT2D eigenvalue weighted by molar-refractivity contribution is 7.20. The Labute approximate surface area is 124 Å². The van der Waals surface area contributed by atoms with Crippen molar-refractivity contribution in [1.29, 1.82) is 0 Å². The SMILES string of the molecule is O=C(NOCc1ccccc1)c1cc2ccc(F)cc2s1. The molecule has 21 heavy (non-hydrogen) atoms. The molecule has 0 aliphatic heterocycles.